The number of amides is 3. The van der Waals surface area contributed by atoms with Gasteiger partial charge in [-0.1, -0.05) is 42.5 Å². The molecule has 0 saturated carbocycles. The Morgan fingerprint density at radius 2 is 1.42 bits per heavy atom. The third kappa shape index (κ3) is 7.61. The van der Waals surface area contributed by atoms with Gasteiger partial charge < -0.3 is 20.3 Å². The van der Waals surface area contributed by atoms with Gasteiger partial charge in [-0.2, -0.15) is 0 Å². The summed E-state index contributed by atoms with van der Waals surface area (Å²) in [5.74, 6) is -0.221. The van der Waals surface area contributed by atoms with Gasteiger partial charge in [0.1, 0.15) is 0 Å². The van der Waals surface area contributed by atoms with Crippen LogP contribution in [-0.2, 0) is 20.7 Å². The summed E-state index contributed by atoms with van der Waals surface area (Å²) in [6.07, 6.45) is 0.741. The number of hydrogen-bond donors (Lipinski definition) is 2. The first-order valence-electron chi connectivity index (χ1n) is 12.6. The normalized spacial score (nSPS) is 16.9. The quantitative estimate of drug-likeness (QED) is 0.543. The van der Waals surface area contributed by atoms with Gasteiger partial charge in [-0.3, -0.25) is 24.2 Å². The summed E-state index contributed by atoms with van der Waals surface area (Å²) in [4.78, 5) is 44.0. The van der Waals surface area contributed by atoms with E-state index in [2.05, 4.69) is 20.4 Å². The lowest BCUT2D eigenvalue weighted by atomic mass is 10.1. The maximum atomic E-state index is 12.7. The summed E-state index contributed by atoms with van der Waals surface area (Å²) in [5, 5.41) is 5.85. The maximum absolute atomic E-state index is 12.7. The molecule has 0 atom stereocenters. The molecule has 0 bridgehead atoms. The summed E-state index contributed by atoms with van der Waals surface area (Å²) in [7, 11) is 0. The molecule has 2 N–H and O–H groups in total. The molecule has 2 aliphatic heterocycles. The Balaban J connectivity index is 1.20. The van der Waals surface area contributed by atoms with Crippen LogP contribution in [-0.4, -0.2) is 105 Å². The minimum absolute atomic E-state index is 0.142. The molecular weight excluding hydrogens is 458 g/mol. The molecule has 3 amide bonds. The van der Waals surface area contributed by atoms with Crippen molar-refractivity contribution >= 4 is 23.4 Å². The SMILES string of the molecule is O=C(CN1CCN(CC(=O)N2CCOCC2)CC1)Nc1ccccc1C(=O)NCCc1ccccc1. The second-order valence-electron chi connectivity index (χ2n) is 9.13. The maximum Gasteiger partial charge on any atom is 0.253 e. The summed E-state index contributed by atoms with van der Waals surface area (Å²) < 4.78 is 5.31. The number of para-hydroxylation sites is 1. The zero-order chi connectivity index (χ0) is 25.2. The largest absolute Gasteiger partial charge is 0.378 e. The standard InChI is InChI=1S/C27H35N5O4/c33-25(20-30-12-14-31(15-13-30)21-26(34)32-16-18-36-19-17-32)29-24-9-5-4-8-23(24)27(35)28-11-10-22-6-2-1-3-7-22/h1-9H,10-21H2,(H,28,35)(H,29,33). The summed E-state index contributed by atoms with van der Waals surface area (Å²) in [6.45, 7) is 6.60. The molecule has 192 valence electrons. The zero-order valence-corrected chi connectivity index (χ0v) is 20.7. The molecule has 2 heterocycles. The van der Waals surface area contributed by atoms with Crippen LogP contribution < -0.4 is 10.6 Å². The van der Waals surface area contributed by atoms with Gasteiger partial charge >= 0.3 is 0 Å². The van der Waals surface area contributed by atoms with Crippen LogP contribution in [0.25, 0.3) is 0 Å². The molecular formula is C27H35N5O4. The molecule has 0 aliphatic carbocycles. The van der Waals surface area contributed by atoms with Crippen LogP contribution in [0.1, 0.15) is 15.9 Å². The van der Waals surface area contributed by atoms with Gasteiger partial charge in [-0.25, -0.2) is 0 Å². The van der Waals surface area contributed by atoms with Crippen molar-refractivity contribution in [2.75, 3.05) is 77.4 Å². The van der Waals surface area contributed by atoms with Crippen molar-refractivity contribution in [3.63, 3.8) is 0 Å². The number of carbonyl (C=O) groups is 3. The Labute approximate surface area is 212 Å². The van der Waals surface area contributed by atoms with E-state index in [1.54, 1.807) is 24.3 Å². The van der Waals surface area contributed by atoms with Gasteiger partial charge in [0.25, 0.3) is 5.91 Å². The minimum atomic E-state index is -0.208. The van der Waals surface area contributed by atoms with Crippen LogP contribution in [0.3, 0.4) is 0 Å². The number of piperazine rings is 1. The van der Waals surface area contributed by atoms with E-state index in [1.165, 1.54) is 0 Å². The number of benzene rings is 2. The van der Waals surface area contributed by atoms with E-state index < -0.39 is 0 Å². The fourth-order valence-electron chi connectivity index (χ4n) is 4.45. The Morgan fingerprint density at radius 3 is 2.14 bits per heavy atom. The van der Waals surface area contributed by atoms with Crippen molar-refractivity contribution in [1.82, 2.24) is 20.0 Å². The highest BCUT2D eigenvalue weighted by Crippen LogP contribution is 2.15. The van der Waals surface area contributed by atoms with Crippen LogP contribution in [0.5, 0.6) is 0 Å². The predicted molar refractivity (Wildman–Crippen MR) is 138 cm³/mol. The first kappa shape index (κ1) is 25.8. The molecule has 2 aromatic rings. The Bertz CT molecular complexity index is 1020. The van der Waals surface area contributed by atoms with Crippen molar-refractivity contribution in [1.29, 1.82) is 0 Å². The Hall–Kier alpha value is -3.27. The van der Waals surface area contributed by atoms with E-state index in [-0.39, 0.29) is 24.3 Å². The third-order valence-corrected chi connectivity index (χ3v) is 6.54. The van der Waals surface area contributed by atoms with Crippen molar-refractivity contribution < 1.29 is 19.1 Å². The average Bonchev–Trinajstić information content (AvgIpc) is 2.91. The number of carbonyl (C=O) groups excluding carboxylic acids is 3. The summed E-state index contributed by atoms with van der Waals surface area (Å²) in [6, 6.07) is 17.1. The molecule has 36 heavy (non-hydrogen) atoms. The number of hydrogen-bond acceptors (Lipinski definition) is 6. The van der Waals surface area contributed by atoms with E-state index in [1.807, 2.05) is 35.2 Å². The van der Waals surface area contributed by atoms with Crippen molar-refractivity contribution in [2.45, 2.75) is 6.42 Å². The van der Waals surface area contributed by atoms with Gasteiger partial charge in [0.15, 0.2) is 0 Å². The van der Waals surface area contributed by atoms with E-state index >= 15 is 0 Å². The van der Waals surface area contributed by atoms with Crippen LogP contribution in [0.15, 0.2) is 54.6 Å². The molecule has 9 heteroatoms. The fraction of sp³-hybridized carbons (Fsp3) is 0.444. The van der Waals surface area contributed by atoms with Crippen molar-refractivity contribution in [3.05, 3.63) is 65.7 Å². The molecule has 2 aliphatic rings. The van der Waals surface area contributed by atoms with Crippen molar-refractivity contribution in [3.8, 4) is 0 Å². The highest BCUT2D eigenvalue weighted by molar-refractivity contribution is 6.04. The Morgan fingerprint density at radius 1 is 0.778 bits per heavy atom. The summed E-state index contributed by atoms with van der Waals surface area (Å²) >= 11 is 0. The van der Waals surface area contributed by atoms with E-state index in [0.29, 0.717) is 63.7 Å². The molecule has 0 radical (unpaired) electrons. The Kier molecular flexibility index (Phi) is 9.43. The molecule has 0 aromatic heterocycles. The topological polar surface area (TPSA) is 94.2 Å². The molecule has 2 aromatic carbocycles. The lowest BCUT2D eigenvalue weighted by Crippen LogP contribution is -2.52. The van der Waals surface area contributed by atoms with E-state index in [0.717, 1.165) is 25.1 Å². The van der Waals surface area contributed by atoms with Gasteiger partial charge in [0.05, 0.1) is 37.6 Å². The van der Waals surface area contributed by atoms with Gasteiger partial charge in [-0.15, -0.1) is 0 Å². The van der Waals surface area contributed by atoms with Crippen LogP contribution in [0.4, 0.5) is 5.69 Å². The van der Waals surface area contributed by atoms with Gasteiger partial charge in [-0.05, 0) is 24.1 Å². The smallest absolute Gasteiger partial charge is 0.253 e. The minimum Gasteiger partial charge on any atom is -0.378 e. The molecule has 0 unspecified atom stereocenters. The second-order valence-corrected chi connectivity index (χ2v) is 9.13. The fourth-order valence-corrected chi connectivity index (χ4v) is 4.45. The van der Waals surface area contributed by atoms with Gasteiger partial charge in [0.2, 0.25) is 11.8 Å². The van der Waals surface area contributed by atoms with E-state index in [4.69, 9.17) is 4.74 Å². The number of nitrogens with zero attached hydrogens (tertiary/aromatic N) is 3. The predicted octanol–water partition coefficient (Wildman–Crippen LogP) is 1.07. The zero-order valence-electron chi connectivity index (χ0n) is 20.7. The average molecular weight is 494 g/mol. The van der Waals surface area contributed by atoms with Gasteiger partial charge in [0, 0.05) is 45.8 Å². The second kappa shape index (κ2) is 13.2. The molecule has 2 fully saturated rings. The van der Waals surface area contributed by atoms with Crippen LogP contribution >= 0.6 is 0 Å². The monoisotopic (exact) mass is 493 g/mol. The number of morpholine rings is 1. The van der Waals surface area contributed by atoms with Crippen LogP contribution in [0, 0.1) is 0 Å². The number of nitrogens with one attached hydrogen (secondary N) is 2. The third-order valence-electron chi connectivity index (χ3n) is 6.54. The summed E-state index contributed by atoms with van der Waals surface area (Å²) in [5.41, 5.74) is 2.12. The highest BCUT2D eigenvalue weighted by atomic mass is 16.5. The first-order valence-corrected chi connectivity index (χ1v) is 12.6. The van der Waals surface area contributed by atoms with Crippen molar-refractivity contribution in [2.24, 2.45) is 0 Å². The first-order chi connectivity index (χ1) is 17.6. The lowest BCUT2D eigenvalue weighted by Gasteiger charge is -2.35. The number of ether oxygens (including phenoxy) is 1. The molecule has 2 saturated heterocycles. The molecule has 4 rings (SSSR count). The van der Waals surface area contributed by atoms with Crippen LogP contribution in [0.2, 0.25) is 0 Å². The lowest BCUT2D eigenvalue weighted by molar-refractivity contribution is -0.137. The molecule has 9 nitrogen and oxygen atoms in total. The molecule has 0 spiro atoms. The van der Waals surface area contributed by atoms with E-state index in [9.17, 15) is 14.4 Å². The highest BCUT2D eigenvalue weighted by Gasteiger charge is 2.24. The number of anilines is 1. The number of rotatable bonds is 9.